The van der Waals surface area contributed by atoms with E-state index < -0.39 is 47.9 Å². The van der Waals surface area contributed by atoms with Crippen LogP contribution in [-0.2, 0) is 28.7 Å². The fourth-order valence-electron chi connectivity index (χ4n) is 3.61. The van der Waals surface area contributed by atoms with Gasteiger partial charge in [0.2, 0.25) is 10.2 Å². The molecule has 0 saturated heterocycles. The first kappa shape index (κ1) is 42.6. The number of ether oxygens (including phenoxy) is 2. The van der Waals surface area contributed by atoms with Gasteiger partial charge in [-0.3, -0.25) is 19.2 Å². The van der Waals surface area contributed by atoms with Gasteiger partial charge in [0.1, 0.15) is 12.1 Å². The third-order valence-corrected chi connectivity index (χ3v) is 11.5. The number of anilines is 2. The van der Waals surface area contributed by atoms with Crippen LogP contribution in [0.5, 0.6) is 0 Å². The van der Waals surface area contributed by atoms with E-state index in [0.29, 0.717) is 11.4 Å². The fraction of sp³-hybridized carbons (Fsp3) is 0.400. The van der Waals surface area contributed by atoms with E-state index in [4.69, 9.17) is 20.9 Å². The monoisotopic (exact) mass is 789 g/mol. The zero-order chi connectivity index (χ0) is 36.3. The molecule has 2 amide bonds. The second kappa shape index (κ2) is 23.0. The highest BCUT2D eigenvalue weighted by atomic mass is 33.1. The van der Waals surface area contributed by atoms with Crippen molar-refractivity contribution >= 4 is 114 Å². The van der Waals surface area contributed by atoms with Crippen LogP contribution in [0, 0.1) is 0 Å². The number of carbonyl (C=O) groups excluding carboxylic acids is 6. The van der Waals surface area contributed by atoms with Crippen LogP contribution in [0.15, 0.2) is 48.5 Å². The molecule has 0 aliphatic heterocycles. The Morgan fingerprint density at radius 1 is 0.673 bits per heavy atom. The molecule has 0 fully saturated rings. The van der Waals surface area contributed by atoms with Crippen molar-refractivity contribution < 1.29 is 38.2 Å². The lowest BCUT2D eigenvalue weighted by atomic mass is 10.1. The van der Waals surface area contributed by atoms with Crippen molar-refractivity contribution in [1.82, 2.24) is 10.6 Å². The van der Waals surface area contributed by atoms with E-state index in [-0.39, 0.29) is 57.6 Å². The molecule has 0 aromatic heterocycles. The van der Waals surface area contributed by atoms with E-state index in [1.54, 1.807) is 50.2 Å². The van der Waals surface area contributed by atoms with Crippen LogP contribution in [0.2, 0.25) is 0 Å². The van der Waals surface area contributed by atoms with Crippen molar-refractivity contribution in [2.24, 2.45) is 11.5 Å². The average molecular weight is 790 g/mol. The first-order valence-electron chi connectivity index (χ1n) is 14.8. The van der Waals surface area contributed by atoms with Crippen LogP contribution < -0.4 is 27.4 Å². The maximum Gasteiger partial charge on any atom is 0.329 e. The lowest BCUT2D eigenvalue weighted by Crippen LogP contribution is -2.44. The molecule has 0 spiro atoms. The maximum atomic E-state index is 13.5. The Kier molecular flexibility index (Phi) is 20.1. The number of para-hydroxylation sites is 2. The van der Waals surface area contributed by atoms with E-state index in [1.807, 2.05) is 0 Å². The molecule has 0 heterocycles. The molecule has 13 nitrogen and oxygen atoms in total. The Hall–Kier alpha value is -2.52. The average Bonchev–Trinajstić information content (AvgIpc) is 3.10. The molecule has 2 rings (SSSR count). The van der Waals surface area contributed by atoms with Gasteiger partial charge in [0, 0.05) is 23.0 Å². The van der Waals surface area contributed by atoms with Crippen molar-refractivity contribution in [3.8, 4) is 0 Å². The highest BCUT2D eigenvalue weighted by molar-refractivity contribution is 8.82. The van der Waals surface area contributed by atoms with Crippen molar-refractivity contribution in [3.05, 3.63) is 59.7 Å². The molecule has 0 saturated carbocycles. The largest absolute Gasteiger partial charge is 0.464 e. The molecule has 7 N–H and O–H groups in total. The van der Waals surface area contributed by atoms with Gasteiger partial charge >= 0.3 is 11.9 Å². The van der Waals surface area contributed by atoms with Crippen LogP contribution in [0.3, 0.4) is 0 Å². The van der Waals surface area contributed by atoms with Crippen molar-refractivity contribution in [2.45, 2.75) is 38.0 Å². The van der Waals surface area contributed by atoms with Crippen LogP contribution in [0.4, 0.5) is 11.4 Å². The maximum absolute atomic E-state index is 13.5. The Balaban J connectivity index is 2.24. The van der Waals surface area contributed by atoms with Gasteiger partial charge in [-0.1, -0.05) is 45.9 Å². The number of hydrogen-bond acceptors (Lipinski definition) is 17. The molecule has 2 unspecified atom stereocenters. The molecule has 0 bridgehead atoms. The smallest absolute Gasteiger partial charge is 0.329 e. The predicted molar refractivity (Wildman–Crippen MR) is 206 cm³/mol. The number of rotatable bonds is 20. The van der Waals surface area contributed by atoms with E-state index in [2.05, 4.69) is 41.2 Å². The van der Waals surface area contributed by atoms with Crippen LogP contribution in [0.1, 0.15) is 34.6 Å². The Labute approximate surface area is 311 Å². The highest BCUT2D eigenvalue weighted by Crippen LogP contribution is 2.28. The van der Waals surface area contributed by atoms with Gasteiger partial charge in [-0.25, -0.2) is 9.59 Å². The number of carbonyl (C=O) groups is 6. The Morgan fingerprint density at radius 3 is 1.39 bits per heavy atom. The standard InChI is InChI=1S/C30H39N5O8S6/c1-3-42-27(38)23(15-46-48-29(40)19(31)13-44)34-25(36)17-9-5-7-11-21(17)33-22-12-8-6-10-18(22)26(37)35-24(28(39)43-4-2)16-47-49-30(41)20(32)14-45/h5-12,19-20,23-24,33,44-45H,3-4,13-16,31-32H2,1-2H3,(H,34,36)(H,35,37)/t19-,20-,23?,24?/m0/s1. The molecular weight excluding hydrogens is 751 g/mol. The van der Waals surface area contributed by atoms with Crippen molar-refractivity contribution in [3.63, 3.8) is 0 Å². The summed E-state index contributed by atoms with van der Waals surface area (Å²) < 4.78 is 10.3. The summed E-state index contributed by atoms with van der Waals surface area (Å²) in [6, 6.07) is 9.21. The zero-order valence-corrected chi connectivity index (χ0v) is 31.7. The molecule has 2 aromatic rings. The number of nitrogens with two attached hydrogens (primary N) is 2. The summed E-state index contributed by atoms with van der Waals surface area (Å²) in [4.78, 5) is 76.6. The quantitative estimate of drug-likeness (QED) is 0.0585. The lowest BCUT2D eigenvalue weighted by Gasteiger charge is -2.20. The van der Waals surface area contributed by atoms with E-state index in [0.717, 1.165) is 43.2 Å². The molecule has 0 radical (unpaired) electrons. The highest BCUT2D eigenvalue weighted by Gasteiger charge is 2.27. The molecule has 19 heteroatoms. The molecule has 2 aromatic carbocycles. The van der Waals surface area contributed by atoms with Gasteiger partial charge in [0.05, 0.1) is 47.8 Å². The number of nitrogens with one attached hydrogen (secondary N) is 3. The number of thiol groups is 2. The van der Waals surface area contributed by atoms with E-state index in [9.17, 15) is 28.8 Å². The Bertz CT molecular complexity index is 1350. The van der Waals surface area contributed by atoms with Gasteiger partial charge < -0.3 is 36.9 Å². The third kappa shape index (κ3) is 14.3. The van der Waals surface area contributed by atoms with Crippen LogP contribution in [0.25, 0.3) is 0 Å². The SMILES string of the molecule is CCOC(=O)C(CSSC(=O)[C@@H](N)CS)NC(=O)c1ccccc1Nc1ccccc1C(=O)NC(CSSC(=O)[C@@H](N)CS)C(=O)OCC. The summed E-state index contributed by atoms with van der Waals surface area (Å²) in [6.45, 7) is 3.44. The van der Waals surface area contributed by atoms with Gasteiger partial charge in [-0.2, -0.15) is 25.3 Å². The van der Waals surface area contributed by atoms with E-state index >= 15 is 0 Å². The second-order valence-corrected chi connectivity index (χ2v) is 15.1. The minimum atomic E-state index is -1.09. The normalized spacial score (nSPS) is 13.3. The first-order valence-corrected chi connectivity index (χ1v) is 20.7. The van der Waals surface area contributed by atoms with Gasteiger partial charge in [-0.15, -0.1) is 0 Å². The van der Waals surface area contributed by atoms with Crippen LogP contribution >= 0.6 is 68.4 Å². The zero-order valence-electron chi connectivity index (χ0n) is 26.6. The summed E-state index contributed by atoms with van der Waals surface area (Å²) >= 11 is 8.04. The fourth-order valence-corrected chi connectivity index (χ4v) is 8.35. The van der Waals surface area contributed by atoms with Crippen LogP contribution in [-0.4, -0.2) is 94.4 Å². The van der Waals surface area contributed by atoms with Crippen molar-refractivity contribution in [2.75, 3.05) is 41.5 Å². The molecule has 268 valence electrons. The second-order valence-electron chi connectivity index (χ2n) is 9.72. The van der Waals surface area contributed by atoms with Crippen molar-refractivity contribution in [1.29, 1.82) is 0 Å². The summed E-state index contributed by atoms with van der Waals surface area (Å²) in [7, 11) is 3.82. The lowest BCUT2D eigenvalue weighted by molar-refractivity contribution is -0.145. The molecule has 4 atom stereocenters. The summed E-state index contributed by atoms with van der Waals surface area (Å²) in [6.07, 6.45) is 0. The Morgan fingerprint density at radius 2 is 1.04 bits per heavy atom. The minimum Gasteiger partial charge on any atom is -0.464 e. The topological polar surface area (TPSA) is 209 Å². The summed E-state index contributed by atoms with van der Waals surface area (Å²) in [5.74, 6) is -2.21. The first-order chi connectivity index (χ1) is 23.5. The van der Waals surface area contributed by atoms with E-state index in [1.165, 1.54) is 12.1 Å². The minimum absolute atomic E-state index is 0.0213. The predicted octanol–water partition coefficient (Wildman–Crippen LogP) is 3.08. The van der Waals surface area contributed by atoms with Gasteiger partial charge in [0.15, 0.2) is 0 Å². The van der Waals surface area contributed by atoms with Gasteiger partial charge in [0.25, 0.3) is 11.8 Å². The number of esters is 2. The molecule has 0 aliphatic rings. The number of amides is 2. The molecular formula is C30H39N5O8S6. The summed E-state index contributed by atoms with van der Waals surface area (Å²) in [5.41, 5.74) is 12.3. The number of hydrogen-bond donors (Lipinski definition) is 7. The number of benzene rings is 2. The third-order valence-electron chi connectivity index (χ3n) is 6.12. The molecule has 49 heavy (non-hydrogen) atoms. The van der Waals surface area contributed by atoms with Gasteiger partial charge in [-0.05, 0) is 59.7 Å². The summed E-state index contributed by atoms with van der Waals surface area (Å²) in [5, 5.41) is 7.81. The molecule has 0 aliphatic carbocycles.